The van der Waals surface area contributed by atoms with E-state index in [1.54, 1.807) is 6.26 Å². The second-order valence-corrected chi connectivity index (χ2v) is 6.00. The molecule has 0 aromatic carbocycles. The van der Waals surface area contributed by atoms with Gasteiger partial charge in [0.25, 0.3) is 0 Å². The smallest absolute Gasteiger partial charge is 0.222 e. The van der Waals surface area contributed by atoms with E-state index in [9.17, 15) is 4.79 Å². The number of hydrogen-bond donors (Lipinski definition) is 1. The average Bonchev–Trinajstić information content (AvgIpc) is 3.16. The standard InChI is InChI=1S/C16H22N4O2/c1-12(2)19-10-13-5-6-18-20(13)14(11-19)8-16(21)17-9-15-4-3-7-22-15/h3-7,12,14H,8-11H2,1-2H3,(H,17,21)/t14-/m1/s1. The number of fused-ring (bicyclic) bond motifs is 1. The molecule has 2 aromatic rings. The third-order valence-electron chi connectivity index (χ3n) is 4.10. The van der Waals surface area contributed by atoms with Crippen LogP contribution in [0.5, 0.6) is 0 Å². The van der Waals surface area contributed by atoms with Crippen molar-refractivity contribution in [1.29, 1.82) is 0 Å². The summed E-state index contributed by atoms with van der Waals surface area (Å²) in [5.74, 6) is 0.786. The minimum Gasteiger partial charge on any atom is -0.467 e. The zero-order valence-electron chi connectivity index (χ0n) is 13.0. The molecular weight excluding hydrogens is 280 g/mol. The number of carbonyl (C=O) groups is 1. The fourth-order valence-electron chi connectivity index (χ4n) is 2.85. The molecule has 1 amide bonds. The number of nitrogens with one attached hydrogen (secondary N) is 1. The minimum absolute atomic E-state index is 0.0217. The van der Waals surface area contributed by atoms with E-state index in [1.165, 1.54) is 5.69 Å². The van der Waals surface area contributed by atoms with Crippen LogP contribution in [0.4, 0.5) is 0 Å². The first-order valence-electron chi connectivity index (χ1n) is 7.69. The van der Waals surface area contributed by atoms with Crippen LogP contribution in [0.3, 0.4) is 0 Å². The highest BCUT2D eigenvalue weighted by atomic mass is 16.3. The van der Waals surface area contributed by atoms with E-state index >= 15 is 0 Å². The molecule has 2 aromatic heterocycles. The molecule has 0 bridgehead atoms. The Morgan fingerprint density at radius 3 is 3.09 bits per heavy atom. The minimum atomic E-state index is 0.0217. The molecule has 22 heavy (non-hydrogen) atoms. The first kappa shape index (κ1) is 14.8. The number of aromatic nitrogens is 2. The van der Waals surface area contributed by atoms with Crippen molar-refractivity contribution in [1.82, 2.24) is 20.0 Å². The fraction of sp³-hybridized carbons (Fsp3) is 0.500. The second-order valence-electron chi connectivity index (χ2n) is 6.00. The number of carbonyl (C=O) groups excluding carboxylic acids is 1. The SMILES string of the molecule is CC(C)N1Cc2ccnn2[C@H](CC(=O)NCc2ccco2)C1. The molecular formula is C16H22N4O2. The molecule has 1 atom stereocenters. The largest absolute Gasteiger partial charge is 0.467 e. The number of amides is 1. The van der Waals surface area contributed by atoms with Gasteiger partial charge in [0.05, 0.1) is 31.0 Å². The molecule has 0 saturated carbocycles. The van der Waals surface area contributed by atoms with Crippen LogP contribution in [0, 0.1) is 0 Å². The highest BCUT2D eigenvalue weighted by Crippen LogP contribution is 2.24. The molecule has 1 aliphatic rings. The summed E-state index contributed by atoms with van der Waals surface area (Å²) in [4.78, 5) is 14.6. The Hall–Kier alpha value is -2.08. The van der Waals surface area contributed by atoms with Crippen molar-refractivity contribution in [2.45, 2.75) is 45.4 Å². The zero-order valence-corrected chi connectivity index (χ0v) is 13.0. The Morgan fingerprint density at radius 1 is 1.50 bits per heavy atom. The van der Waals surface area contributed by atoms with Gasteiger partial charge < -0.3 is 9.73 Å². The quantitative estimate of drug-likeness (QED) is 0.917. The van der Waals surface area contributed by atoms with Gasteiger partial charge in [-0.05, 0) is 32.0 Å². The maximum absolute atomic E-state index is 12.2. The Morgan fingerprint density at radius 2 is 2.36 bits per heavy atom. The molecule has 3 heterocycles. The topological polar surface area (TPSA) is 63.3 Å². The molecule has 6 heteroatoms. The third-order valence-corrected chi connectivity index (χ3v) is 4.10. The van der Waals surface area contributed by atoms with E-state index in [4.69, 9.17) is 4.42 Å². The van der Waals surface area contributed by atoms with E-state index in [0.717, 1.165) is 18.8 Å². The second kappa shape index (κ2) is 6.36. The van der Waals surface area contributed by atoms with E-state index in [0.29, 0.717) is 19.0 Å². The summed E-state index contributed by atoms with van der Waals surface area (Å²) < 4.78 is 7.22. The van der Waals surface area contributed by atoms with E-state index in [2.05, 4.69) is 29.2 Å². The van der Waals surface area contributed by atoms with Crippen LogP contribution in [0.25, 0.3) is 0 Å². The predicted octanol–water partition coefficient (Wildman–Crippen LogP) is 1.95. The Balaban J connectivity index is 1.62. The van der Waals surface area contributed by atoms with Crippen molar-refractivity contribution in [3.05, 3.63) is 42.1 Å². The van der Waals surface area contributed by atoms with Crippen LogP contribution in [-0.2, 0) is 17.9 Å². The van der Waals surface area contributed by atoms with Crippen molar-refractivity contribution >= 4 is 5.91 Å². The van der Waals surface area contributed by atoms with Gasteiger partial charge in [-0.15, -0.1) is 0 Å². The lowest BCUT2D eigenvalue weighted by Gasteiger charge is -2.36. The highest BCUT2D eigenvalue weighted by Gasteiger charge is 2.28. The van der Waals surface area contributed by atoms with Crippen molar-refractivity contribution in [3.8, 4) is 0 Å². The van der Waals surface area contributed by atoms with Gasteiger partial charge in [0, 0.05) is 25.3 Å². The monoisotopic (exact) mass is 302 g/mol. The summed E-state index contributed by atoms with van der Waals surface area (Å²) in [6.45, 7) is 6.53. The molecule has 1 N–H and O–H groups in total. The average molecular weight is 302 g/mol. The van der Waals surface area contributed by atoms with Crippen LogP contribution in [0.15, 0.2) is 35.1 Å². The summed E-state index contributed by atoms with van der Waals surface area (Å²) in [7, 11) is 0. The van der Waals surface area contributed by atoms with Gasteiger partial charge in [-0.1, -0.05) is 0 Å². The third kappa shape index (κ3) is 3.22. The number of nitrogens with zero attached hydrogens (tertiary/aromatic N) is 3. The normalized spacial score (nSPS) is 18.4. The first-order valence-corrected chi connectivity index (χ1v) is 7.69. The molecule has 0 saturated heterocycles. The summed E-state index contributed by atoms with van der Waals surface area (Å²) in [6, 6.07) is 6.24. The maximum Gasteiger partial charge on any atom is 0.222 e. The van der Waals surface area contributed by atoms with Crippen LogP contribution in [-0.4, -0.2) is 33.2 Å². The summed E-state index contributed by atoms with van der Waals surface area (Å²) in [5.41, 5.74) is 1.17. The van der Waals surface area contributed by atoms with Gasteiger partial charge in [-0.25, -0.2) is 0 Å². The lowest BCUT2D eigenvalue weighted by atomic mass is 10.1. The van der Waals surface area contributed by atoms with Crippen LogP contribution >= 0.6 is 0 Å². The van der Waals surface area contributed by atoms with Crippen LogP contribution in [0.2, 0.25) is 0 Å². The summed E-state index contributed by atoms with van der Waals surface area (Å²) >= 11 is 0. The van der Waals surface area contributed by atoms with Gasteiger partial charge in [-0.3, -0.25) is 14.4 Å². The van der Waals surface area contributed by atoms with Gasteiger partial charge in [-0.2, -0.15) is 5.10 Å². The molecule has 0 aliphatic carbocycles. The van der Waals surface area contributed by atoms with Crippen LogP contribution in [0.1, 0.15) is 37.8 Å². The summed E-state index contributed by atoms with van der Waals surface area (Å²) in [6.07, 6.45) is 3.85. The van der Waals surface area contributed by atoms with Crippen molar-refractivity contribution in [3.63, 3.8) is 0 Å². The van der Waals surface area contributed by atoms with Gasteiger partial charge in [0.2, 0.25) is 5.91 Å². The molecule has 0 spiro atoms. The zero-order chi connectivity index (χ0) is 15.5. The lowest BCUT2D eigenvalue weighted by molar-refractivity contribution is -0.122. The van der Waals surface area contributed by atoms with Gasteiger partial charge in [0.1, 0.15) is 5.76 Å². The predicted molar refractivity (Wildman–Crippen MR) is 82.0 cm³/mol. The maximum atomic E-state index is 12.2. The Bertz CT molecular complexity index is 618. The number of rotatable bonds is 5. The molecule has 3 rings (SSSR count). The Kier molecular flexibility index (Phi) is 4.29. The lowest BCUT2D eigenvalue weighted by Crippen LogP contribution is -2.42. The molecule has 0 radical (unpaired) electrons. The van der Waals surface area contributed by atoms with E-state index in [1.807, 2.05) is 29.1 Å². The molecule has 1 aliphatic heterocycles. The van der Waals surface area contributed by atoms with Gasteiger partial charge in [0.15, 0.2) is 0 Å². The molecule has 0 fully saturated rings. The number of hydrogen-bond acceptors (Lipinski definition) is 4. The van der Waals surface area contributed by atoms with Crippen molar-refractivity contribution < 1.29 is 9.21 Å². The molecule has 0 unspecified atom stereocenters. The first-order chi connectivity index (χ1) is 10.6. The molecule has 118 valence electrons. The van der Waals surface area contributed by atoms with E-state index < -0.39 is 0 Å². The van der Waals surface area contributed by atoms with Crippen molar-refractivity contribution in [2.75, 3.05) is 6.54 Å². The van der Waals surface area contributed by atoms with Gasteiger partial charge >= 0.3 is 0 Å². The van der Waals surface area contributed by atoms with Crippen LogP contribution < -0.4 is 5.32 Å². The Labute approximate surface area is 130 Å². The van der Waals surface area contributed by atoms with Crippen molar-refractivity contribution in [2.24, 2.45) is 0 Å². The molecule has 6 nitrogen and oxygen atoms in total. The van der Waals surface area contributed by atoms with E-state index in [-0.39, 0.29) is 11.9 Å². The fourth-order valence-corrected chi connectivity index (χ4v) is 2.85. The highest BCUT2D eigenvalue weighted by molar-refractivity contribution is 5.76. The summed E-state index contributed by atoms with van der Waals surface area (Å²) in [5, 5.41) is 7.29. The number of furan rings is 1.